The molecule has 2 saturated heterocycles. The van der Waals surface area contributed by atoms with Crippen molar-refractivity contribution in [2.24, 2.45) is 17.4 Å². The minimum Gasteiger partial charge on any atom is -0.335 e. The minimum atomic E-state index is -0.963. The van der Waals surface area contributed by atoms with E-state index in [4.69, 9.17) is 11.5 Å². The maximum Gasteiger partial charge on any atom is 0.354 e. The van der Waals surface area contributed by atoms with Gasteiger partial charge in [-0.2, -0.15) is 4.98 Å². The van der Waals surface area contributed by atoms with Gasteiger partial charge in [-0.1, -0.05) is 12.1 Å². The number of likely N-dealkylation sites (tertiary alicyclic amines) is 1. The maximum absolute atomic E-state index is 12.8. The summed E-state index contributed by atoms with van der Waals surface area (Å²) in [5.41, 5.74) is 12.2. The topological polar surface area (TPSA) is 143 Å². The largest absolute Gasteiger partial charge is 0.354 e. The highest BCUT2D eigenvalue weighted by Crippen LogP contribution is 2.19. The molecule has 1 atom stereocenters. The summed E-state index contributed by atoms with van der Waals surface area (Å²) in [5.74, 6) is 0.674. The molecule has 2 fully saturated rings. The van der Waals surface area contributed by atoms with E-state index in [0.29, 0.717) is 31.2 Å². The van der Waals surface area contributed by atoms with Crippen LogP contribution in [0.1, 0.15) is 39.2 Å². The van der Waals surface area contributed by atoms with Crippen LogP contribution in [0.2, 0.25) is 0 Å². The molecule has 4 rings (SSSR count). The van der Waals surface area contributed by atoms with Crippen LogP contribution in [0.25, 0.3) is 5.69 Å². The Labute approximate surface area is 235 Å². The SMILES string of the molecule is CC1CN(C(=O)Nc2ccn(-c3ccc(CN4CCC(CN)CC4)cc3)c(=O)n2)CCN1C(=O)C(C)(C)N.Cl. The van der Waals surface area contributed by atoms with Gasteiger partial charge in [-0.3, -0.25) is 19.6 Å². The molecule has 0 bridgehead atoms. The first-order valence-electron chi connectivity index (χ1n) is 13.3. The number of piperazine rings is 1. The van der Waals surface area contributed by atoms with Crippen molar-refractivity contribution in [1.82, 2.24) is 24.3 Å². The standard InChI is InChI=1S/C27H40N8O3.ClH/c1-19-17-33(14-15-34(19)24(36)27(2,3)29)25(37)30-23-10-13-35(26(38)31-23)22-6-4-21(5-7-22)18-32-11-8-20(16-28)9-12-32;/h4-7,10,13,19-20H,8-9,11-12,14-18,28-29H2,1-3H3,(H,30,31,37,38);1H. The Hall–Kier alpha value is -2.99. The fraction of sp³-hybridized carbons (Fsp3) is 0.556. The molecule has 0 radical (unpaired) electrons. The van der Waals surface area contributed by atoms with Crippen LogP contribution in [0.5, 0.6) is 0 Å². The van der Waals surface area contributed by atoms with Crippen molar-refractivity contribution in [2.45, 2.75) is 51.7 Å². The first kappa shape index (κ1) is 30.6. The van der Waals surface area contributed by atoms with Crippen molar-refractivity contribution in [3.8, 4) is 5.69 Å². The van der Waals surface area contributed by atoms with Crippen LogP contribution in [0.4, 0.5) is 10.6 Å². The smallest absolute Gasteiger partial charge is 0.335 e. The molecule has 12 heteroatoms. The zero-order chi connectivity index (χ0) is 27.4. The summed E-state index contributed by atoms with van der Waals surface area (Å²) >= 11 is 0. The highest BCUT2D eigenvalue weighted by Gasteiger charge is 2.35. The van der Waals surface area contributed by atoms with Crippen molar-refractivity contribution in [3.05, 3.63) is 52.6 Å². The quantitative estimate of drug-likeness (QED) is 0.487. The van der Waals surface area contributed by atoms with Gasteiger partial charge < -0.3 is 21.3 Å². The number of rotatable bonds is 6. The molecule has 5 N–H and O–H groups in total. The lowest BCUT2D eigenvalue weighted by Gasteiger charge is -2.42. The summed E-state index contributed by atoms with van der Waals surface area (Å²) in [6.07, 6.45) is 3.89. The van der Waals surface area contributed by atoms with Crippen LogP contribution in [0, 0.1) is 5.92 Å². The molecule has 2 aliphatic rings. The number of nitrogens with two attached hydrogens (primary N) is 2. The van der Waals surface area contributed by atoms with Crippen molar-refractivity contribution >= 4 is 30.2 Å². The van der Waals surface area contributed by atoms with Gasteiger partial charge in [0, 0.05) is 38.4 Å². The van der Waals surface area contributed by atoms with Crippen LogP contribution in [0.15, 0.2) is 41.3 Å². The number of carbonyl (C=O) groups excluding carboxylic acids is 2. The third-order valence-corrected chi connectivity index (χ3v) is 7.43. The van der Waals surface area contributed by atoms with E-state index in [2.05, 4.69) is 15.2 Å². The van der Waals surface area contributed by atoms with Crippen LogP contribution >= 0.6 is 12.4 Å². The zero-order valence-corrected chi connectivity index (χ0v) is 23.8. The predicted molar refractivity (Wildman–Crippen MR) is 154 cm³/mol. The second-order valence-corrected chi connectivity index (χ2v) is 11.0. The van der Waals surface area contributed by atoms with Gasteiger partial charge in [0.1, 0.15) is 5.82 Å². The fourth-order valence-electron chi connectivity index (χ4n) is 5.07. The van der Waals surface area contributed by atoms with E-state index < -0.39 is 11.2 Å². The van der Waals surface area contributed by atoms with Crippen LogP contribution in [-0.4, -0.2) is 87.0 Å². The van der Waals surface area contributed by atoms with Crippen molar-refractivity contribution in [3.63, 3.8) is 0 Å². The third kappa shape index (κ3) is 7.57. The van der Waals surface area contributed by atoms with Crippen molar-refractivity contribution in [2.75, 3.05) is 44.6 Å². The van der Waals surface area contributed by atoms with Crippen LogP contribution < -0.4 is 22.5 Å². The fourth-order valence-corrected chi connectivity index (χ4v) is 5.07. The molecule has 0 aliphatic carbocycles. The number of nitrogens with one attached hydrogen (secondary N) is 1. The maximum atomic E-state index is 12.8. The van der Waals surface area contributed by atoms with Crippen LogP contribution in [-0.2, 0) is 11.3 Å². The molecule has 3 amide bonds. The molecule has 2 aliphatic heterocycles. The number of nitrogens with zero attached hydrogens (tertiary/aromatic N) is 5. The van der Waals surface area contributed by atoms with Gasteiger partial charge >= 0.3 is 11.7 Å². The number of halogens is 1. The van der Waals surface area contributed by atoms with Gasteiger partial charge in [-0.05, 0) is 82.9 Å². The monoisotopic (exact) mass is 560 g/mol. The van der Waals surface area contributed by atoms with Crippen LogP contribution in [0.3, 0.4) is 0 Å². The molecule has 39 heavy (non-hydrogen) atoms. The molecular weight excluding hydrogens is 520 g/mol. The number of carbonyl (C=O) groups is 2. The number of hydrogen-bond donors (Lipinski definition) is 3. The Morgan fingerprint density at radius 2 is 1.74 bits per heavy atom. The summed E-state index contributed by atoms with van der Waals surface area (Å²) in [7, 11) is 0. The number of urea groups is 1. The number of amides is 3. The lowest BCUT2D eigenvalue weighted by Crippen LogP contribution is -2.61. The van der Waals surface area contributed by atoms with E-state index in [-0.39, 0.29) is 36.2 Å². The van der Waals surface area contributed by atoms with Gasteiger partial charge in [0.25, 0.3) is 0 Å². The highest BCUT2D eigenvalue weighted by atomic mass is 35.5. The van der Waals surface area contributed by atoms with Gasteiger partial charge in [-0.25, -0.2) is 9.59 Å². The first-order valence-corrected chi connectivity index (χ1v) is 13.3. The van der Waals surface area contributed by atoms with E-state index in [1.165, 1.54) is 10.1 Å². The van der Waals surface area contributed by atoms with E-state index in [1.807, 2.05) is 31.2 Å². The lowest BCUT2D eigenvalue weighted by molar-refractivity contribution is -0.139. The molecule has 214 valence electrons. The lowest BCUT2D eigenvalue weighted by atomic mass is 9.97. The summed E-state index contributed by atoms with van der Waals surface area (Å²) in [6.45, 7) is 10.1. The Bertz CT molecular complexity index is 1190. The second-order valence-electron chi connectivity index (χ2n) is 11.0. The number of anilines is 1. The van der Waals surface area contributed by atoms with E-state index >= 15 is 0 Å². The van der Waals surface area contributed by atoms with Crippen molar-refractivity contribution < 1.29 is 9.59 Å². The molecule has 0 spiro atoms. The van der Waals surface area contributed by atoms with Gasteiger partial charge in [0.2, 0.25) is 5.91 Å². The molecule has 0 saturated carbocycles. The number of piperidine rings is 1. The van der Waals surface area contributed by atoms with Crippen molar-refractivity contribution in [1.29, 1.82) is 0 Å². The summed E-state index contributed by atoms with van der Waals surface area (Å²) < 4.78 is 1.45. The average molecular weight is 561 g/mol. The molecule has 3 heterocycles. The van der Waals surface area contributed by atoms with Gasteiger partial charge in [0.15, 0.2) is 0 Å². The number of benzene rings is 1. The van der Waals surface area contributed by atoms with E-state index in [9.17, 15) is 14.4 Å². The Kier molecular flexibility index (Phi) is 10.1. The Balaban J connectivity index is 0.00000420. The Morgan fingerprint density at radius 1 is 1.08 bits per heavy atom. The number of aromatic nitrogens is 2. The summed E-state index contributed by atoms with van der Waals surface area (Å²) in [4.78, 5) is 47.9. The van der Waals surface area contributed by atoms with Gasteiger partial charge in [0.05, 0.1) is 11.2 Å². The summed E-state index contributed by atoms with van der Waals surface area (Å²) in [6, 6.07) is 8.96. The zero-order valence-electron chi connectivity index (χ0n) is 23.0. The highest BCUT2D eigenvalue weighted by molar-refractivity contribution is 5.89. The number of hydrogen-bond acceptors (Lipinski definition) is 7. The van der Waals surface area contributed by atoms with E-state index in [0.717, 1.165) is 39.0 Å². The molecule has 11 nitrogen and oxygen atoms in total. The second kappa shape index (κ2) is 12.9. The first-order chi connectivity index (χ1) is 18.0. The predicted octanol–water partition coefficient (Wildman–Crippen LogP) is 1.63. The third-order valence-electron chi connectivity index (χ3n) is 7.43. The molecule has 2 aromatic rings. The normalized spacial score (nSPS) is 18.9. The molecule has 1 aromatic heterocycles. The van der Waals surface area contributed by atoms with Gasteiger partial charge in [-0.15, -0.1) is 12.4 Å². The minimum absolute atomic E-state index is 0. The average Bonchev–Trinajstić information content (AvgIpc) is 2.89. The molecule has 1 unspecified atom stereocenters. The summed E-state index contributed by atoms with van der Waals surface area (Å²) in [5, 5.41) is 2.71. The molecular formula is C27H41ClN8O3. The Morgan fingerprint density at radius 3 is 2.31 bits per heavy atom. The van der Waals surface area contributed by atoms with E-state index in [1.54, 1.807) is 35.9 Å². The molecule has 1 aromatic carbocycles.